The number of benzene rings is 1. The number of carbonyl (C=O) groups excluding carboxylic acids is 1. The van der Waals surface area contributed by atoms with E-state index in [0.29, 0.717) is 63.6 Å². The van der Waals surface area contributed by atoms with Gasteiger partial charge in [0.2, 0.25) is 0 Å². The number of methoxy groups -OCH3 is 2. The van der Waals surface area contributed by atoms with E-state index in [0.717, 1.165) is 12.1 Å². The number of likely N-dealkylation sites (N-methyl/N-ethyl adjacent to an activating group) is 1. The minimum absolute atomic E-state index is 0.0204. The van der Waals surface area contributed by atoms with Gasteiger partial charge >= 0.3 is 5.97 Å². The summed E-state index contributed by atoms with van der Waals surface area (Å²) in [5.41, 5.74) is 3.42. The molecule has 3 saturated heterocycles. The SMILES string of the molecule is CC[C@H]1OC(=O)[C@H](C)C([C@H]2C[C@@](C)(OC)C[C@H](C)O2)[C@H](P)[C@@H](O[C@H]2C[C@@H](N(C)CCC3=CN([C@H](CF)[C@H](OC)c4ccc(S(=O)(=O)C5CC5)cc4)NN3)C[C@@H](C)O2)[C@](C)(O)C[C@@H](C)CN(C)[C@H](C)[C@@H](O)[C@]1(C)O. The Morgan fingerprint density at radius 1 is 1.00 bits per heavy atom. The van der Waals surface area contributed by atoms with Crippen molar-refractivity contribution in [2.45, 2.75) is 220 Å². The summed E-state index contributed by atoms with van der Waals surface area (Å²) >= 11 is 0. The van der Waals surface area contributed by atoms with Gasteiger partial charge in [0.15, 0.2) is 16.1 Å². The summed E-state index contributed by atoms with van der Waals surface area (Å²) in [6, 6.07) is 5.30. The predicted octanol–water partition coefficient (Wildman–Crippen LogP) is 5.43. The molecule has 1 aliphatic carbocycles. The Hall–Kier alpha value is -2.10. The fraction of sp³-hybridized carbons (Fsp3) is 0.830. The summed E-state index contributed by atoms with van der Waals surface area (Å²) in [5, 5.41) is 37.9. The lowest BCUT2D eigenvalue weighted by Gasteiger charge is -2.49. The quantitative estimate of drug-likeness (QED) is 0.104. The number of halogens is 1. The summed E-state index contributed by atoms with van der Waals surface area (Å²) in [7, 11) is 6.72. The molecule has 4 aliphatic heterocycles. The summed E-state index contributed by atoms with van der Waals surface area (Å²) in [6.45, 7) is 17.3. The number of carbonyl (C=O) groups is 1. The van der Waals surface area contributed by atoms with E-state index in [4.69, 9.17) is 28.4 Å². The first-order valence-electron chi connectivity index (χ1n) is 26.6. The van der Waals surface area contributed by atoms with Gasteiger partial charge in [-0.05, 0) is 111 Å². The average molecular weight is 1070 g/mol. The molecule has 4 heterocycles. The number of hydrazine groups is 2. The van der Waals surface area contributed by atoms with Crippen molar-refractivity contribution in [1.82, 2.24) is 25.8 Å². The molecule has 418 valence electrons. The Balaban J connectivity index is 1.22. The first kappa shape index (κ1) is 60.1. The van der Waals surface area contributed by atoms with Crippen LogP contribution >= 0.6 is 9.24 Å². The number of alkyl halides is 1. The number of ether oxygens (including phenoxy) is 6. The number of aliphatic hydroxyl groups is 3. The molecular formula is C53H91FN5O12PS. The van der Waals surface area contributed by atoms with Gasteiger partial charge in [0.05, 0.1) is 51.7 Å². The van der Waals surface area contributed by atoms with E-state index >= 15 is 0 Å². The minimum atomic E-state index is -3.36. The van der Waals surface area contributed by atoms with Gasteiger partial charge in [-0.3, -0.25) is 9.80 Å². The van der Waals surface area contributed by atoms with E-state index in [1.54, 1.807) is 43.3 Å². The summed E-state index contributed by atoms with van der Waals surface area (Å²) in [6.07, 6.45) is 1.16. The molecule has 5 aliphatic rings. The molecule has 1 saturated carbocycles. The van der Waals surface area contributed by atoms with Crippen molar-refractivity contribution in [3.05, 3.63) is 41.7 Å². The highest BCUT2D eigenvalue weighted by Gasteiger charge is 2.53. The highest BCUT2D eigenvalue weighted by molar-refractivity contribution is 7.92. The number of sulfone groups is 1. The molecule has 1 aromatic rings. The van der Waals surface area contributed by atoms with Gasteiger partial charge in [-0.2, -0.15) is 0 Å². The van der Waals surface area contributed by atoms with E-state index in [1.807, 2.05) is 59.7 Å². The zero-order chi connectivity index (χ0) is 54.0. The van der Waals surface area contributed by atoms with Crippen molar-refractivity contribution in [3.63, 3.8) is 0 Å². The Morgan fingerprint density at radius 2 is 1.67 bits per heavy atom. The summed E-state index contributed by atoms with van der Waals surface area (Å²) in [5.74, 6) is -2.07. The van der Waals surface area contributed by atoms with Crippen molar-refractivity contribution in [3.8, 4) is 0 Å². The maximum Gasteiger partial charge on any atom is 0.309 e. The maximum atomic E-state index is 14.9. The molecule has 1 aromatic carbocycles. The number of nitrogens with one attached hydrogen (secondary N) is 2. The average Bonchev–Trinajstić information content (AvgIpc) is 4.10. The summed E-state index contributed by atoms with van der Waals surface area (Å²) < 4.78 is 79.2. The number of hydrogen-bond acceptors (Lipinski definition) is 17. The van der Waals surface area contributed by atoms with Crippen molar-refractivity contribution in [1.29, 1.82) is 0 Å². The third kappa shape index (κ3) is 14.2. The highest BCUT2D eigenvalue weighted by atomic mass is 32.2. The van der Waals surface area contributed by atoms with Crippen LogP contribution in [-0.4, -0.2) is 181 Å². The van der Waals surface area contributed by atoms with Crippen molar-refractivity contribution < 1.29 is 61.3 Å². The number of hydrogen-bond donors (Lipinski definition) is 5. The minimum Gasteiger partial charge on any atom is -0.459 e. The second-order valence-electron chi connectivity index (χ2n) is 23.1. The standard InChI is InChI=1S/C53H91FN5O12PS/c1-14-43-53(9,63)48(60)35(6)58(11)29-31(2)25-52(8,62)49(47(72)45(34(5)50(61)70-43)42-27-51(7,67-13)26-33(4)68-42)71-44-24-38(23-32(3)69-44)57(10)22-21-37-30-59(56-55-37)41(28-54)46(66-12)36-15-17-39(18-16-36)73(64,65)40-19-20-40/h15-18,30-35,38,40-49,55-56,60,62-63H,14,19-29,72H2,1-13H3/t31-,32-,33+,34-,35-,38+,41-,42-,43-,44+,45?,46-,47+,48-,49-,51+,52-,53-/m1/s1. The largest absolute Gasteiger partial charge is 0.459 e. The van der Waals surface area contributed by atoms with Crippen LogP contribution in [0, 0.1) is 17.8 Å². The lowest BCUT2D eigenvalue weighted by molar-refractivity contribution is -0.257. The Bertz CT molecular complexity index is 2110. The maximum absolute atomic E-state index is 14.9. The number of cyclic esters (lactones) is 1. The van der Waals surface area contributed by atoms with Crippen LogP contribution in [0.15, 0.2) is 41.1 Å². The van der Waals surface area contributed by atoms with Gasteiger partial charge in [-0.15, -0.1) is 14.8 Å². The van der Waals surface area contributed by atoms with Crippen molar-refractivity contribution in [2.75, 3.05) is 48.1 Å². The molecule has 20 heteroatoms. The molecule has 17 nitrogen and oxygen atoms in total. The zero-order valence-electron chi connectivity index (χ0n) is 45.8. The van der Waals surface area contributed by atoms with Gasteiger partial charge in [-0.25, -0.2) is 12.8 Å². The lowest BCUT2D eigenvalue weighted by Crippen LogP contribution is -2.59. The molecular weight excluding hydrogens is 981 g/mol. The number of aliphatic hydroxyl groups excluding tert-OH is 1. The fourth-order valence-corrected chi connectivity index (χ4v) is 15.0. The second-order valence-corrected chi connectivity index (χ2v) is 26.1. The van der Waals surface area contributed by atoms with Crippen LogP contribution in [-0.2, 0) is 43.1 Å². The van der Waals surface area contributed by atoms with Crippen LogP contribution in [0.2, 0.25) is 0 Å². The van der Waals surface area contributed by atoms with E-state index in [9.17, 15) is 32.9 Å². The second kappa shape index (κ2) is 24.7. The van der Waals surface area contributed by atoms with Gasteiger partial charge in [0, 0.05) is 88.5 Å². The van der Waals surface area contributed by atoms with Crippen LogP contribution < -0.4 is 11.0 Å². The first-order chi connectivity index (χ1) is 34.2. The summed E-state index contributed by atoms with van der Waals surface area (Å²) in [4.78, 5) is 19.1. The molecule has 4 fully saturated rings. The van der Waals surface area contributed by atoms with E-state index in [-0.39, 0.29) is 40.7 Å². The molecule has 5 N–H and O–H groups in total. The zero-order valence-corrected chi connectivity index (χ0v) is 47.8. The van der Waals surface area contributed by atoms with Gasteiger partial charge < -0.3 is 59.0 Å². The first-order valence-corrected chi connectivity index (χ1v) is 28.9. The van der Waals surface area contributed by atoms with Crippen LogP contribution in [0.1, 0.15) is 132 Å². The van der Waals surface area contributed by atoms with Gasteiger partial charge in [-0.1, -0.05) is 32.9 Å². The Kier molecular flexibility index (Phi) is 20.3. The van der Waals surface area contributed by atoms with Crippen LogP contribution in [0.25, 0.3) is 0 Å². The molecule has 0 aromatic heterocycles. The predicted molar refractivity (Wildman–Crippen MR) is 280 cm³/mol. The lowest BCUT2D eigenvalue weighted by atomic mass is 9.73. The van der Waals surface area contributed by atoms with Crippen LogP contribution in [0.3, 0.4) is 0 Å². The topological polar surface area (TPSA) is 201 Å². The monoisotopic (exact) mass is 1070 g/mol. The number of esters is 1. The molecule has 19 atom stereocenters. The van der Waals surface area contributed by atoms with Crippen LogP contribution in [0.5, 0.6) is 0 Å². The molecule has 0 bridgehead atoms. The number of nitrogens with zero attached hydrogens (tertiary/aromatic N) is 3. The van der Waals surface area contributed by atoms with E-state index in [2.05, 4.69) is 39.1 Å². The Morgan fingerprint density at radius 3 is 2.27 bits per heavy atom. The third-order valence-electron chi connectivity index (χ3n) is 16.8. The van der Waals surface area contributed by atoms with Crippen molar-refractivity contribution >= 4 is 25.0 Å². The molecule has 0 amide bonds. The highest BCUT2D eigenvalue weighted by Crippen LogP contribution is 2.45. The van der Waals surface area contributed by atoms with Gasteiger partial charge in [0.25, 0.3) is 0 Å². The van der Waals surface area contributed by atoms with Gasteiger partial charge in [0.1, 0.15) is 36.6 Å². The third-order valence-corrected chi connectivity index (χ3v) is 19.9. The van der Waals surface area contributed by atoms with E-state index < -0.39 is 106 Å². The normalized spacial score (nSPS) is 39.8. The molecule has 73 heavy (non-hydrogen) atoms. The number of rotatable bonds is 16. The molecule has 6 rings (SSSR count). The molecule has 2 unspecified atom stereocenters. The molecule has 0 spiro atoms. The molecule has 0 radical (unpaired) electrons. The fourth-order valence-electron chi connectivity index (χ4n) is 12.2. The smallest absolute Gasteiger partial charge is 0.309 e. The van der Waals surface area contributed by atoms with E-state index in [1.165, 1.54) is 14.0 Å². The Labute approximate surface area is 438 Å². The van der Waals surface area contributed by atoms with Crippen LogP contribution in [0.4, 0.5) is 4.39 Å². The van der Waals surface area contributed by atoms with Crippen molar-refractivity contribution in [2.24, 2.45) is 17.8 Å².